The van der Waals surface area contributed by atoms with Crippen molar-refractivity contribution in [3.05, 3.63) is 28.8 Å². The molecule has 6 heteroatoms. The van der Waals surface area contributed by atoms with E-state index in [0.29, 0.717) is 16.9 Å². The molecule has 0 aliphatic heterocycles. The maximum atomic E-state index is 10.1. The van der Waals surface area contributed by atoms with Crippen LogP contribution in [0.25, 0.3) is 0 Å². The molecule has 0 radical (unpaired) electrons. The standard InChI is InChI=1S/C11H13O4.Li.H2O/c1-8-4-9(6-13)11(15-3-2-12)10(5-8)7-14;;/h4-5,13-14H,3,6-7H2,1H3;;1H2/q-1;+1;/p-1. The number of carbonyl (C=O) groups excluding carboxylic acids is 1. The van der Waals surface area contributed by atoms with E-state index < -0.39 is 0 Å². The predicted molar refractivity (Wildman–Crippen MR) is 56.1 cm³/mol. The fourth-order valence-corrected chi connectivity index (χ4v) is 1.45. The Balaban J connectivity index is 0. The summed E-state index contributed by atoms with van der Waals surface area (Å²) in [7, 11) is 0. The zero-order valence-corrected chi connectivity index (χ0v) is 9.93. The van der Waals surface area contributed by atoms with Crippen LogP contribution in [0.5, 0.6) is 5.75 Å². The van der Waals surface area contributed by atoms with Crippen molar-refractivity contribution in [2.45, 2.75) is 20.1 Å². The molecule has 0 amide bonds. The van der Waals surface area contributed by atoms with Gasteiger partial charge >= 0.3 is 18.9 Å². The van der Waals surface area contributed by atoms with Crippen molar-refractivity contribution in [1.82, 2.24) is 0 Å². The van der Waals surface area contributed by atoms with E-state index in [-0.39, 0.29) is 44.2 Å². The summed E-state index contributed by atoms with van der Waals surface area (Å²) < 4.78 is 5.11. The zero-order valence-electron chi connectivity index (χ0n) is 9.93. The topological polar surface area (TPSA) is 96.8 Å². The smallest absolute Gasteiger partial charge is 0.870 e. The molecule has 0 spiro atoms. The summed E-state index contributed by atoms with van der Waals surface area (Å²) in [6, 6.07) is 3.50. The number of aryl methyl sites for hydroxylation is 1. The zero-order chi connectivity index (χ0) is 11.3. The molecule has 0 fully saturated rings. The molecule has 0 unspecified atom stereocenters. The van der Waals surface area contributed by atoms with E-state index in [9.17, 15) is 4.79 Å². The quantitative estimate of drug-likeness (QED) is 0.426. The summed E-state index contributed by atoms with van der Waals surface area (Å²) in [5.41, 5.74) is 2.05. The van der Waals surface area contributed by atoms with Gasteiger partial charge in [-0.25, -0.2) is 6.29 Å². The summed E-state index contributed by atoms with van der Waals surface area (Å²) in [5, 5.41) is 18.2. The minimum absolute atomic E-state index is 0. The molecule has 0 bridgehead atoms. The van der Waals surface area contributed by atoms with Crippen LogP contribution in [0, 0.1) is 6.92 Å². The fraction of sp³-hybridized carbons (Fsp3) is 0.364. The molecular weight excluding hydrogens is 219 g/mol. The molecule has 1 aromatic carbocycles. The van der Waals surface area contributed by atoms with Crippen molar-refractivity contribution >= 4 is 6.29 Å². The Labute approximate surface area is 112 Å². The van der Waals surface area contributed by atoms with E-state index in [4.69, 9.17) is 14.9 Å². The molecule has 5 nitrogen and oxygen atoms in total. The van der Waals surface area contributed by atoms with Gasteiger partial charge in [0.1, 0.15) is 5.75 Å². The average Bonchev–Trinajstić information content (AvgIpc) is 2.26. The van der Waals surface area contributed by atoms with Crippen LogP contribution in [0.1, 0.15) is 16.7 Å². The first kappa shape index (κ1) is 18.5. The van der Waals surface area contributed by atoms with E-state index in [1.807, 2.05) is 6.92 Å². The molecule has 0 saturated carbocycles. The van der Waals surface area contributed by atoms with E-state index >= 15 is 0 Å². The number of rotatable bonds is 5. The number of hydrogen-bond donors (Lipinski definition) is 2. The van der Waals surface area contributed by atoms with Crippen LogP contribution in [-0.2, 0) is 18.0 Å². The van der Waals surface area contributed by atoms with Crippen molar-refractivity contribution in [3.63, 3.8) is 0 Å². The Morgan fingerprint density at radius 2 is 1.71 bits per heavy atom. The van der Waals surface area contributed by atoms with Gasteiger partial charge in [0.05, 0.1) is 13.2 Å². The van der Waals surface area contributed by atoms with Crippen molar-refractivity contribution in [2.75, 3.05) is 6.61 Å². The Morgan fingerprint density at radius 1 is 1.24 bits per heavy atom. The molecule has 0 aliphatic rings. The summed E-state index contributed by atoms with van der Waals surface area (Å²) >= 11 is 0. The number of hydrogen-bond acceptors (Lipinski definition) is 5. The van der Waals surface area contributed by atoms with Gasteiger partial charge in [-0.3, -0.25) is 0 Å². The third-order valence-electron chi connectivity index (χ3n) is 2.00. The second kappa shape index (κ2) is 9.22. The Hall–Kier alpha value is -0.833. The van der Waals surface area contributed by atoms with Crippen molar-refractivity contribution in [3.8, 4) is 5.75 Å². The van der Waals surface area contributed by atoms with Crippen LogP contribution < -0.4 is 23.6 Å². The van der Waals surface area contributed by atoms with Gasteiger partial charge in [0, 0.05) is 11.1 Å². The van der Waals surface area contributed by atoms with E-state index in [1.165, 1.54) is 0 Å². The maximum Gasteiger partial charge on any atom is 1.00 e. The van der Waals surface area contributed by atoms with Gasteiger partial charge in [0.2, 0.25) is 0 Å². The third kappa shape index (κ3) is 4.90. The van der Waals surface area contributed by atoms with E-state index in [0.717, 1.165) is 5.56 Å². The first-order valence-corrected chi connectivity index (χ1v) is 4.54. The van der Waals surface area contributed by atoms with Gasteiger partial charge in [-0.1, -0.05) is 17.7 Å². The summed E-state index contributed by atoms with van der Waals surface area (Å²) in [4.78, 5) is 10.1. The molecule has 3 N–H and O–H groups in total. The largest absolute Gasteiger partial charge is 1.00 e. The molecule has 0 aromatic heterocycles. The Morgan fingerprint density at radius 3 is 2.06 bits per heavy atom. The predicted octanol–water partition coefficient (Wildman–Crippen LogP) is -2.70. The van der Waals surface area contributed by atoms with Gasteiger partial charge in [-0.05, 0) is 13.5 Å². The average molecular weight is 233 g/mol. The SMILES string of the molecule is Cc1cc(CO)c(OC[C-]=O)c(CO)c1.[Li+].[OH-]. The number of ether oxygens (including phenoxy) is 1. The fourth-order valence-electron chi connectivity index (χ4n) is 1.45. The Bertz CT molecular complexity index is 329. The van der Waals surface area contributed by atoms with E-state index in [2.05, 4.69) is 0 Å². The third-order valence-corrected chi connectivity index (χ3v) is 2.00. The minimum Gasteiger partial charge on any atom is -0.870 e. The van der Waals surface area contributed by atoms with Gasteiger partial charge < -0.3 is 25.2 Å². The normalized spacial score (nSPS) is 8.88. The van der Waals surface area contributed by atoms with Crippen LogP contribution in [0.3, 0.4) is 0 Å². The summed E-state index contributed by atoms with van der Waals surface area (Å²) in [6.45, 7) is 1.27. The van der Waals surface area contributed by atoms with Crippen molar-refractivity contribution in [2.24, 2.45) is 0 Å². The number of benzene rings is 1. The van der Waals surface area contributed by atoms with Crippen LogP contribution in [-0.4, -0.2) is 28.6 Å². The molecule has 1 rings (SSSR count). The van der Waals surface area contributed by atoms with Crippen molar-refractivity contribution < 1.29 is 44.1 Å². The van der Waals surface area contributed by atoms with Crippen LogP contribution in [0.2, 0.25) is 0 Å². The van der Waals surface area contributed by atoms with Gasteiger partial charge in [0.15, 0.2) is 0 Å². The van der Waals surface area contributed by atoms with Gasteiger partial charge in [-0.15, -0.1) is 0 Å². The monoisotopic (exact) mass is 233 g/mol. The van der Waals surface area contributed by atoms with Gasteiger partial charge in [0.25, 0.3) is 0 Å². The summed E-state index contributed by atoms with van der Waals surface area (Å²) in [6.07, 6.45) is 1.60. The first-order chi connectivity index (χ1) is 7.22. The molecule has 0 heterocycles. The maximum absolute atomic E-state index is 10.1. The Kier molecular flexibility index (Phi) is 10.1. The molecule has 0 atom stereocenters. The minimum atomic E-state index is -0.205. The molecule has 0 aliphatic carbocycles. The van der Waals surface area contributed by atoms with E-state index in [1.54, 1.807) is 18.4 Å². The van der Waals surface area contributed by atoms with Crippen LogP contribution in [0.4, 0.5) is 0 Å². The number of aliphatic hydroxyl groups excluding tert-OH is 2. The second-order valence-corrected chi connectivity index (χ2v) is 3.16. The second-order valence-electron chi connectivity index (χ2n) is 3.16. The molecular formula is C11H14LiO5-. The van der Waals surface area contributed by atoms with Crippen LogP contribution >= 0.6 is 0 Å². The van der Waals surface area contributed by atoms with Crippen molar-refractivity contribution in [1.29, 1.82) is 0 Å². The van der Waals surface area contributed by atoms with Gasteiger partial charge in [-0.2, -0.15) is 0 Å². The molecule has 1 aromatic rings. The summed E-state index contributed by atoms with van der Waals surface area (Å²) in [5.74, 6) is 0.369. The van der Waals surface area contributed by atoms with Crippen LogP contribution in [0.15, 0.2) is 12.1 Å². The molecule has 90 valence electrons. The molecule has 0 saturated heterocycles. The molecule has 17 heavy (non-hydrogen) atoms. The number of aliphatic hydroxyl groups is 2. The first-order valence-electron chi connectivity index (χ1n) is 4.54.